The second-order valence-corrected chi connectivity index (χ2v) is 7.64. The van der Waals surface area contributed by atoms with Crippen molar-refractivity contribution in [3.63, 3.8) is 0 Å². The molecule has 7 nitrogen and oxygen atoms in total. The molecule has 0 saturated carbocycles. The quantitative estimate of drug-likeness (QED) is 0.645. The molecule has 0 aliphatic carbocycles. The number of carbonyl (C=O) groups excluding carboxylic acids is 1. The lowest BCUT2D eigenvalue weighted by Crippen LogP contribution is -2.19. The van der Waals surface area contributed by atoms with E-state index in [0.717, 1.165) is 10.9 Å². The maximum absolute atomic E-state index is 12.7. The summed E-state index contributed by atoms with van der Waals surface area (Å²) in [6, 6.07) is 9.25. The van der Waals surface area contributed by atoms with Gasteiger partial charge in [0.25, 0.3) is 11.1 Å². The zero-order valence-corrected chi connectivity index (χ0v) is 15.1. The van der Waals surface area contributed by atoms with E-state index < -0.39 is 5.25 Å². The molecule has 134 valence electrons. The van der Waals surface area contributed by atoms with Gasteiger partial charge in [0.1, 0.15) is 5.82 Å². The Morgan fingerprint density at radius 2 is 1.92 bits per heavy atom. The van der Waals surface area contributed by atoms with Crippen LogP contribution >= 0.6 is 11.8 Å². The maximum atomic E-state index is 12.7. The monoisotopic (exact) mass is 370 g/mol. The highest BCUT2D eigenvalue weighted by Gasteiger charge is 2.32. The van der Waals surface area contributed by atoms with Gasteiger partial charge in [0.2, 0.25) is 5.91 Å². The number of nitrogens with one attached hydrogen (secondary N) is 3. The first-order valence-electron chi connectivity index (χ1n) is 8.33. The van der Waals surface area contributed by atoms with Crippen LogP contribution in [0.1, 0.15) is 36.3 Å². The Morgan fingerprint density at radius 3 is 2.69 bits per heavy atom. The lowest BCUT2D eigenvalue weighted by molar-refractivity contribution is -0.113. The van der Waals surface area contributed by atoms with E-state index in [1.807, 2.05) is 38.1 Å². The van der Waals surface area contributed by atoms with Crippen LogP contribution in [0.4, 0.5) is 5.82 Å². The van der Waals surface area contributed by atoms with Crippen molar-refractivity contribution in [2.24, 2.45) is 0 Å². The highest BCUT2D eigenvalue weighted by atomic mass is 32.2. The number of nitrogens with zero attached hydrogens (tertiary/aromatic N) is 1. The van der Waals surface area contributed by atoms with Crippen LogP contribution in [0.2, 0.25) is 0 Å². The molecule has 0 fully saturated rings. The molecule has 0 saturated heterocycles. The number of fused-ring (bicyclic) bond motifs is 2. The van der Waals surface area contributed by atoms with Crippen molar-refractivity contribution in [2.45, 2.75) is 25.1 Å². The van der Waals surface area contributed by atoms with Crippen LogP contribution < -0.4 is 16.4 Å². The van der Waals surface area contributed by atoms with Gasteiger partial charge in [-0.3, -0.25) is 24.2 Å². The zero-order valence-electron chi connectivity index (χ0n) is 14.3. The normalized spacial score (nSPS) is 17.2. The fourth-order valence-corrected chi connectivity index (χ4v) is 4.37. The van der Waals surface area contributed by atoms with Crippen LogP contribution in [0.15, 0.2) is 39.9 Å². The molecule has 8 heteroatoms. The highest BCUT2D eigenvalue weighted by molar-refractivity contribution is 8.00. The average molecular weight is 370 g/mol. The fourth-order valence-electron chi connectivity index (χ4n) is 3.24. The third-order valence-electron chi connectivity index (χ3n) is 4.44. The lowest BCUT2D eigenvalue weighted by atomic mass is 10.1. The van der Waals surface area contributed by atoms with E-state index in [4.69, 9.17) is 0 Å². The molecule has 1 aromatic carbocycles. The maximum Gasteiger partial charge on any atom is 0.270 e. The smallest absolute Gasteiger partial charge is 0.270 e. The molecule has 0 spiro atoms. The van der Waals surface area contributed by atoms with Crippen LogP contribution in [0.3, 0.4) is 0 Å². The summed E-state index contributed by atoms with van der Waals surface area (Å²) < 4.78 is 1.64. The number of anilines is 1. The minimum absolute atomic E-state index is 0.0367. The van der Waals surface area contributed by atoms with E-state index in [1.165, 1.54) is 11.8 Å². The number of pyridine rings is 1. The summed E-state index contributed by atoms with van der Waals surface area (Å²) in [6.45, 7) is 3.83. The summed E-state index contributed by atoms with van der Waals surface area (Å²) in [6.07, 6.45) is 0. The molecule has 2 aromatic heterocycles. The van der Waals surface area contributed by atoms with Gasteiger partial charge in [-0.1, -0.05) is 18.2 Å². The average Bonchev–Trinajstić information content (AvgIpc) is 2.81. The van der Waals surface area contributed by atoms with Crippen molar-refractivity contribution in [2.75, 3.05) is 11.1 Å². The third kappa shape index (κ3) is 2.66. The molecule has 4 rings (SSSR count). The van der Waals surface area contributed by atoms with E-state index in [2.05, 4.69) is 15.4 Å². The van der Waals surface area contributed by atoms with E-state index in [-0.39, 0.29) is 28.8 Å². The standard InChI is InChI=1S/C18H18N4O3S/c1-9(2)22-16-14(18(25)21-22)15(26-8-13(23)20-16)11-7-10-5-3-4-6-12(10)19-17(11)24/h3-7,9,15H,8H2,1-2H3,(H,19,24)(H,20,23)(H,21,25). The number of benzene rings is 1. The molecule has 1 atom stereocenters. The molecule has 1 aliphatic heterocycles. The number of thioether (sulfide) groups is 1. The molecular formula is C18H18N4O3S. The number of H-pyrrole nitrogens is 2. The van der Waals surface area contributed by atoms with Crippen molar-refractivity contribution in [1.82, 2.24) is 14.8 Å². The molecule has 1 aliphatic rings. The first kappa shape index (κ1) is 16.7. The summed E-state index contributed by atoms with van der Waals surface area (Å²) in [4.78, 5) is 40.4. The van der Waals surface area contributed by atoms with Crippen molar-refractivity contribution in [3.05, 3.63) is 62.2 Å². The van der Waals surface area contributed by atoms with Crippen molar-refractivity contribution in [3.8, 4) is 0 Å². The number of para-hydroxylation sites is 1. The van der Waals surface area contributed by atoms with Crippen molar-refractivity contribution >= 4 is 34.4 Å². The minimum Gasteiger partial charge on any atom is -0.322 e. The van der Waals surface area contributed by atoms with Gasteiger partial charge in [0.05, 0.1) is 16.6 Å². The molecular weight excluding hydrogens is 352 g/mol. The molecule has 1 unspecified atom stereocenters. The Kier molecular flexibility index (Phi) is 3.99. The number of rotatable bonds is 2. The van der Waals surface area contributed by atoms with Gasteiger partial charge in [-0.15, -0.1) is 11.8 Å². The Bertz CT molecular complexity index is 1130. The lowest BCUT2D eigenvalue weighted by Gasteiger charge is -2.15. The van der Waals surface area contributed by atoms with Crippen LogP contribution in [0, 0.1) is 0 Å². The molecule has 3 N–H and O–H groups in total. The summed E-state index contributed by atoms with van der Waals surface area (Å²) in [7, 11) is 0. The highest BCUT2D eigenvalue weighted by Crippen LogP contribution is 2.39. The largest absolute Gasteiger partial charge is 0.322 e. The predicted octanol–water partition coefficient (Wildman–Crippen LogP) is 2.37. The molecule has 0 radical (unpaired) electrons. The summed E-state index contributed by atoms with van der Waals surface area (Å²) in [5, 5.41) is 5.94. The second kappa shape index (κ2) is 6.21. The number of amides is 1. The first-order chi connectivity index (χ1) is 12.5. The summed E-state index contributed by atoms with van der Waals surface area (Å²) >= 11 is 1.28. The van der Waals surface area contributed by atoms with Gasteiger partial charge in [-0.25, -0.2) is 0 Å². The van der Waals surface area contributed by atoms with Gasteiger partial charge in [-0.05, 0) is 31.4 Å². The third-order valence-corrected chi connectivity index (χ3v) is 5.70. The predicted molar refractivity (Wildman–Crippen MR) is 103 cm³/mol. The fraction of sp³-hybridized carbons (Fsp3) is 0.278. The number of hydrogen-bond donors (Lipinski definition) is 3. The Morgan fingerprint density at radius 1 is 1.15 bits per heavy atom. The van der Waals surface area contributed by atoms with E-state index in [1.54, 1.807) is 10.7 Å². The Hall–Kier alpha value is -2.74. The minimum atomic E-state index is -0.527. The van der Waals surface area contributed by atoms with Crippen LogP contribution in [0.5, 0.6) is 0 Å². The molecule has 0 bridgehead atoms. The second-order valence-electron chi connectivity index (χ2n) is 6.55. The van der Waals surface area contributed by atoms with E-state index in [9.17, 15) is 14.4 Å². The molecule has 3 heterocycles. The summed E-state index contributed by atoms with van der Waals surface area (Å²) in [5.41, 5.74) is 1.08. The summed E-state index contributed by atoms with van der Waals surface area (Å²) in [5.74, 6) is 0.422. The van der Waals surface area contributed by atoms with Crippen LogP contribution in [-0.4, -0.2) is 26.4 Å². The van der Waals surface area contributed by atoms with E-state index in [0.29, 0.717) is 16.9 Å². The van der Waals surface area contributed by atoms with Crippen molar-refractivity contribution < 1.29 is 4.79 Å². The number of aromatic nitrogens is 3. The number of hydrogen-bond acceptors (Lipinski definition) is 4. The Balaban J connectivity index is 1.96. The Labute approximate surface area is 152 Å². The van der Waals surface area contributed by atoms with Gasteiger partial charge < -0.3 is 10.3 Å². The SMILES string of the molecule is CC(C)n1[nH]c(=O)c2c1NC(=O)CSC2c1cc2ccccc2[nH]c1=O. The molecule has 1 amide bonds. The van der Waals surface area contributed by atoms with Crippen LogP contribution in [-0.2, 0) is 4.79 Å². The van der Waals surface area contributed by atoms with Gasteiger partial charge >= 0.3 is 0 Å². The van der Waals surface area contributed by atoms with Crippen molar-refractivity contribution in [1.29, 1.82) is 0 Å². The number of aromatic amines is 2. The molecule has 3 aromatic rings. The van der Waals surface area contributed by atoms with Gasteiger partial charge in [0.15, 0.2) is 0 Å². The first-order valence-corrected chi connectivity index (χ1v) is 9.38. The van der Waals surface area contributed by atoms with Crippen LogP contribution in [0.25, 0.3) is 10.9 Å². The zero-order chi connectivity index (χ0) is 18.4. The topological polar surface area (TPSA) is 99.8 Å². The van der Waals surface area contributed by atoms with Gasteiger partial charge in [0, 0.05) is 17.1 Å². The van der Waals surface area contributed by atoms with Gasteiger partial charge in [-0.2, -0.15) is 0 Å². The number of carbonyl (C=O) groups is 1. The van der Waals surface area contributed by atoms with E-state index >= 15 is 0 Å². The molecule has 26 heavy (non-hydrogen) atoms.